The molecule has 0 aliphatic heterocycles. The number of ether oxygens (including phenoxy) is 1. The van der Waals surface area contributed by atoms with Gasteiger partial charge in [-0.15, -0.1) is 0 Å². The summed E-state index contributed by atoms with van der Waals surface area (Å²) >= 11 is 0. The van der Waals surface area contributed by atoms with E-state index in [1.54, 1.807) is 6.07 Å². The topological polar surface area (TPSA) is 53.1 Å². The van der Waals surface area contributed by atoms with Crippen molar-refractivity contribution in [1.82, 2.24) is 9.78 Å². The second-order valence-electron chi connectivity index (χ2n) is 4.54. The van der Waals surface area contributed by atoms with Gasteiger partial charge in [0.2, 0.25) is 0 Å². The molecule has 2 aromatic rings. The summed E-state index contributed by atoms with van der Waals surface area (Å²) < 4.78 is 20.8. The van der Waals surface area contributed by atoms with E-state index in [-0.39, 0.29) is 12.4 Å². The van der Waals surface area contributed by atoms with Crippen LogP contribution in [-0.4, -0.2) is 9.78 Å². The summed E-state index contributed by atoms with van der Waals surface area (Å²) in [7, 11) is 0. The smallest absolute Gasteiger partial charge is 0.130 e. The third kappa shape index (κ3) is 3.17. The highest BCUT2D eigenvalue weighted by molar-refractivity contribution is 5.34. The van der Waals surface area contributed by atoms with Gasteiger partial charge in [-0.3, -0.25) is 4.68 Å². The van der Waals surface area contributed by atoms with Crippen LogP contribution in [0.4, 0.5) is 4.39 Å². The molecule has 2 rings (SSSR count). The van der Waals surface area contributed by atoms with Gasteiger partial charge in [0, 0.05) is 18.7 Å². The van der Waals surface area contributed by atoms with Crippen LogP contribution in [0.2, 0.25) is 0 Å². The Morgan fingerprint density at radius 3 is 2.75 bits per heavy atom. The minimum absolute atomic E-state index is 0.250. The molecule has 0 aliphatic rings. The standard InChI is InChI=1S/C15H20FN3O/c1-3-13-8-14(19(4-2)18-13)10-20-15-6-5-12(16)7-11(15)9-17/h5-8H,3-4,9-10,17H2,1-2H3. The molecular weight excluding hydrogens is 257 g/mol. The summed E-state index contributed by atoms with van der Waals surface area (Å²) in [4.78, 5) is 0. The number of aryl methyl sites for hydroxylation is 2. The zero-order chi connectivity index (χ0) is 14.5. The molecule has 0 saturated carbocycles. The molecule has 0 saturated heterocycles. The van der Waals surface area contributed by atoms with Crippen LogP contribution < -0.4 is 10.5 Å². The first kappa shape index (κ1) is 14.5. The number of aromatic nitrogens is 2. The molecule has 108 valence electrons. The third-order valence-electron chi connectivity index (χ3n) is 3.19. The molecular formula is C15H20FN3O. The molecule has 0 radical (unpaired) electrons. The van der Waals surface area contributed by atoms with Gasteiger partial charge < -0.3 is 10.5 Å². The number of hydrogen-bond donors (Lipinski definition) is 1. The van der Waals surface area contributed by atoms with Gasteiger partial charge in [-0.05, 0) is 37.6 Å². The minimum atomic E-state index is -0.301. The third-order valence-corrected chi connectivity index (χ3v) is 3.19. The monoisotopic (exact) mass is 277 g/mol. The Morgan fingerprint density at radius 2 is 2.10 bits per heavy atom. The molecule has 0 aliphatic carbocycles. The largest absolute Gasteiger partial charge is 0.487 e. The molecule has 1 heterocycles. The summed E-state index contributed by atoms with van der Waals surface area (Å²) in [5, 5.41) is 4.47. The molecule has 1 aromatic carbocycles. The lowest BCUT2D eigenvalue weighted by atomic mass is 10.2. The molecule has 5 heteroatoms. The first-order valence-corrected chi connectivity index (χ1v) is 6.84. The van der Waals surface area contributed by atoms with Gasteiger partial charge in [-0.25, -0.2) is 4.39 Å². The van der Waals surface area contributed by atoms with E-state index in [0.29, 0.717) is 17.9 Å². The highest BCUT2D eigenvalue weighted by Gasteiger charge is 2.09. The van der Waals surface area contributed by atoms with E-state index in [2.05, 4.69) is 12.0 Å². The normalized spacial score (nSPS) is 10.8. The SMILES string of the molecule is CCc1cc(COc2ccc(F)cc2CN)n(CC)n1. The fourth-order valence-corrected chi connectivity index (χ4v) is 2.08. The number of nitrogens with two attached hydrogens (primary N) is 1. The quantitative estimate of drug-likeness (QED) is 0.883. The van der Waals surface area contributed by atoms with Crippen LogP contribution in [-0.2, 0) is 26.1 Å². The maximum Gasteiger partial charge on any atom is 0.130 e. The van der Waals surface area contributed by atoms with Crippen LogP contribution in [0.25, 0.3) is 0 Å². The highest BCUT2D eigenvalue weighted by Crippen LogP contribution is 2.20. The second kappa shape index (κ2) is 6.52. The molecule has 0 atom stereocenters. The Balaban J connectivity index is 2.14. The van der Waals surface area contributed by atoms with Crippen molar-refractivity contribution in [2.24, 2.45) is 5.73 Å². The molecule has 4 nitrogen and oxygen atoms in total. The van der Waals surface area contributed by atoms with E-state index >= 15 is 0 Å². The molecule has 0 amide bonds. The summed E-state index contributed by atoms with van der Waals surface area (Å²) in [6.07, 6.45) is 0.893. The molecule has 2 N–H and O–H groups in total. The molecule has 0 bridgehead atoms. The zero-order valence-corrected chi connectivity index (χ0v) is 11.9. The summed E-state index contributed by atoms with van der Waals surface area (Å²) in [6, 6.07) is 6.44. The van der Waals surface area contributed by atoms with Gasteiger partial charge in [0.25, 0.3) is 0 Å². The van der Waals surface area contributed by atoms with Crippen LogP contribution in [0.3, 0.4) is 0 Å². The van der Waals surface area contributed by atoms with Gasteiger partial charge >= 0.3 is 0 Å². The average Bonchev–Trinajstić information content (AvgIpc) is 2.88. The Labute approximate surface area is 118 Å². The number of rotatable bonds is 6. The summed E-state index contributed by atoms with van der Waals surface area (Å²) in [6.45, 7) is 5.56. The number of benzene rings is 1. The lowest BCUT2D eigenvalue weighted by molar-refractivity contribution is 0.289. The van der Waals surface area contributed by atoms with E-state index in [9.17, 15) is 4.39 Å². The number of hydrogen-bond acceptors (Lipinski definition) is 3. The molecule has 20 heavy (non-hydrogen) atoms. The van der Waals surface area contributed by atoms with Crippen LogP contribution in [0, 0.1) is 5.82 Å². The van der Waals surface area contributed by atoms with E-state index in [1.165, 1.54) is 12.1 Å². The average molecular weight is 277 g/mol. The minimum Gasteiger partial charge on any atom is -0.487 e. The van der Waals surface area contributed by atoms with Crippen LogP contribution >= 0.6 is 0 Å². The first-order chi connectivity index (χ1) is 9.67. The maximum atomic E-state index is 13.1. The van der Waals surface area contributed by atoms with Gasteiger partial charge in [0.1, 0.15) is 18.2 Å². The van der Waals surface area contributed by atoms with Crippen molar-refractivity contribution in [3.63, 3.8) is 0 Å². The van der Waals surface area contributed by atoms with E-state index in [4.69, 9.17) is 10.5 Å². The predicted molar refractivity (Wildman–Crippen MR) is 75.9 cm³/mol. The molecule has 0 spiro atoms. The summed E-state index contributed by atoms with van der Waals surface area (Å²) in [5.41, 5.74) is 8.33. The van der Waals surface area contributed by atoms with E-state index in [1.807, 2.05) is 17.7 Å². The Hall–Kier alpha value is -1.88. The Kier molecular flexibility index (Phi) is 4.74. The lowest BCUT2D eigenvalue weighted by Crippen LogP contribution is -2.08. The van der Waals surface area contributed by atoms with Crippen molar-refractivity contribution in [1.29, 1.82) is 0 Å². The van der Waals surface area contributed by atoms with Crippen molar-refractivity contribution in [3.8, 4) is 5.75 Å². The van der Waals surface area contributed by atoms with Gasteiger partial charge in [0.15, 0.2) is 0 Å². The predicted octanol–water partition coefficient (Wildman–Crippen LogP) is 2.64. The fourth-order valence-electron chi connectivity index (χ4n) is 2.08. The molecule has 0 unspecified atom stereocenters. The zero-order valence-electron chi connectivity index (χ0n) is 11.9. The van der Waals surface area contributed by atoms with Crippen LogP contribution in [0.15, 0.2) is 24.3 Å². The summed E-state index contributed by atoms with van der Waals surface area (Å²) in [5.74, 6) is 0.320. The van der Waals surface area contributed by atoms with Gasteiger partial charge in [-0.2, -0.15) is 5.10 Å². The van der Waals surface area contributed by atoms with Crippen molar-refractivity contribution in [2.45, 2.75) is 40.0 Å². The maximum absolute atomic E-state index is 13.1. The Bertz CT molecular complexity index is 580. The van der Waals surface area contributed by atoms with Gasteiger partial charge in [-0.1, -0.05) is 6.92 Å². The van der Waals surface area contributed by atoms with Crippen LogP contribution in [0.5, 0.6) is 5.75 Å². The molecule has 0 fully saturated rings. The van der Waals surface area contributed by atoms with Crippen molar-refractivity contribution >= 4 is 0 Å². The second-order valence-corrected chi connectivity index (χ2v) is 4.54. The number of halogens is 1. The van der Waals surface area contributed by atoms with Gasteiger partial charge in [0.05, 0.1) is 11.4 Å². The van der Waals surface area contributed by atoms with Crippen molar-refractivity contribution in [3.05, 3.63) is 47.0 Å². The fraction of sp³-hybridized carbons (Fsp3) is 0.400. The van der Waals surface area contributed by atoms with Crippen LogP contribution in [0.1, 0.15) is 30.8 Å². The van der Waals surface area contributed by atoms with E-state index in [0.717, 1.165) is 24.4 Å². The van der Waals surface area contributed by atoms with Crippen molar-refractivity contribution < 1.29 is 9.13 Å². The first-order valence-electron chi connectivity index (χ1n) is 6.84. The number of nitrogens with zero attached hydrogens (tertiary/aromatic N) is 2. The molecule has 1 aromatic heterocycles. The lowest BCUT2D eigenvalue weighted by Gasteiger charge is -2.11. The van der Waals surface area contributed by atoms with E-state index < -0.39 is 0 Å². The Morgan fingerprint density at radius 1 is 1.30 bits per heavy atom. The highest BCUT2D eigenvalue weighted by atomic mass is 19.1. The van der Waals surface area contributed by atoms with Crippen molar-refractivity contribution in [2.75, 3.05) is 0 Å².